The number of nitrogens with zero attached hydrogens (tertiary/aromatic N) is 2. The maximum Gasteiger partial charge on any atom is 0.290 e. The van der Waals surface area contributed by atoms with E-state index in [9.17, 15) is 14.7 Å². The number of ketones is 1. The highest BCUT2D eigenvalue weighted by molar-refractivity contribution is 6.14. The van der Waals surface area contributed by atoms with Crippen LogP contribution < -0.4 is 4.74 Å². The lowest BCUT2D eigenvalue weighted by atomic mass is 9.95. The van der Waals surface area contributed by atoms with Gasteiger partial charge in [0.15, 0.2) is 11.5 Å². The lowest BCUT2D eigenvalue weighted by Gasteiger charge is -2.31. The van der Waals surface area contributed by atoms with E-state index in [-0.39, 0.29) is 5.57 Å². The molecule has 1 atom stereocenters. The normalized spacial score (nSPS) is 19.4. The van der Waals surface area contributed by atoms with Crippen molar-refractivity contribution in [2.24, 2.45) is 0 Å². The Morgan fingerprint density at radius 3 is 2.74 bits per heavy atom. The van der Waals surface area contributed by atoms with Crippen molar-refractivity contribution in [1.82, 2.24) is 9.80 Å². The maximum atomic E-state index is 13.2. The molecule has 0 radical (unpaired) electrons. The van der Waals surface area contributed by atoms with E-state index in [1.165, 1.54) is 18.8 Å². The number of aliphatic hydroxyl groups excluding tert-OH is 1. The summed E-state index contributed by atoms with van der Waals surface area (Å²) in [6.45, 7) is 5.74. The van der Waals surface area contributed by atoms with Crippen LogP contribution >= 0.6 is 0 Å². The number of aliphatic hydroxyl groups is 1. The molecule has 1 amide bonds. The summed E-state index contributed by atoms with van der Waals surface area (Å²) in [7, 11) is 0. The highest BCUT2D eigenvalue weighted by Crippen LogP contribution is 2.39. The molecule has 3 heterocycles. The van der Waals surface area contributed by atoms with E-state index in [0.29, 0.717) is 31.2 Å². The smallest absolute Gasteiger partial charge is 0.290 e. The van der Waals surface area contributed by atoms with Crippen LogP contribution in [-0.2, 0) is 9.59 Å². The molecule has 1 unspecified atom stereocenters. The molecule has 1 aromatic heterocycles. The SMILES string of the molecule is CCCOc1cccc(C2C(C(=O)/C=C/c3ccco3)=C(O)C(=O)N2CCN2CCCCC2)c1. The molecule has 1 aromatic carbocycles. The summed E-state index contributed by atoms with van der Waals surface area (Å²) >= 11 is 0. The minimum absolute atomic E-state index is 0.0825. The number of likely N-dealkylation sites (tertiary alicyclic amines) is 1. The molecular formula is C27H32N2O5. The van der Waals surface area contributed by atoms with Crippen LogP contribution in [0.15, 0.2) is 64.5 Å². The highest BCUT2D eigenvalue weighted by Gasteiger charge is 2.43. The molecule has 1 N–H and O–H groups in total. The Kier molecular flexibility index (Phi) is 7.85. The maximum absolute atomic E-state index is 13.2. The number of hydrogen-bond donors (Lipinski definition) is 1. The molecule has 2 aromatic rings. The molecule has 0 spiro atoms. The van der Waals surface area contributed by atoms with E-state index in [1.54, 1.807) is 23.1 Å². The second kappa shape index (κ2) is 11.2. The third-order valence-corrected chi connectivity index (χ3v) is 6.26. The van der Waals surface area contributed by atoms with Crippen molar-refractivity contribution in [3.8, 4) is 5.75 Å². The highest BCUT2D eigenvalue weighted by atomic mass is 16.5. The zero-order valence-electron chi connectivity index (χ0n) is 19.6. The molecule has 4 rings (SSSR count). The number of allylic oxidation sites excluding steroid dienone is 1. The number of carbonyl (C=O) groups is 2. The molecule has 0 saturated carbocycles. The van der Waals surface area contributed by atoms with Crippen molar-refractivity contribution in [3.05, 3.63) is 71.4 Å². The van der Waals surface area contributed by atoms with Crippen LogP contribution in [0.25, 0.3) is 6.08 Å². The van der Waals surface area contributed by atoms with Crippen LogP contribution in [0.4, 0.5) is 0 Å². The molecule has 7 heteroatoms. The van der Waals surface area contributed by atoms with Crippen molar-refractivity contribution >= 4 is 17.8 Å². The summed E-state index contributed by atoms with van der Waals surface area (Å²) in [6, 6.07) is 10.2. The topological polar surface area (TPSA) is 83.2 Å². The van der Waals surface area contributed by atoms with E-state index < -0.39 is 23.5 Å². The van der Waals surface area contributed by atoms with E-state index in [1.807, 2.05) is 31.2 Å². The number of hydrogen-bond acceptors (Lipinski definition) is 6. The van der Waals surface area contributed by atoms with Gasteiger partial charge in [-0.25, -0.2) is 0 Å². The molecule has 2 aliphatic rings. The lowest BCUT2D eigenvalue weighted by molar-refractivity contribution is -0.129. The monoisotopic (exact) mass is 464 g/mol. The summed E-state index contributed by atoms with van der Waals surface area (Å²) in [4.78, 5) is 30.3. The number of furan rings is 1. The van der Waals surface area contributed by atoms with Crippen molar-refractivity contribution in [3.63, 3.8) is 0 Å². The summed E-state index contributed by atoms with van der Waals surface area (Å²) < 4.78 is 11.1. The van der Waals surface area contributed by atoms with Gasteiger partial charge in [-0.15, -0.1) is 0 Å². The number of amides is 1. The Balaban J connectivity index is 1.63. The third-order valence-electron chi connectivity index (χ3n) is 6.26. The fourth-order valence-corrected chi connectivity index (χ4v) is 4.54. The minimum Gasteiger partial charge on any atom is -0.503 e. The number of piperidine rings is 1. The minimum atomic E-state index is -0.684. The Bertz CT molecular complexity index is 1050. The van der Waals surface area contributed by atoms with Gasteiger partial charge in [-0.05, 0) is 74.3 Å². The average molecular weight is 465 g/mol. The molecule has 0 bridgehead atoms. The quantitative estimate of drug-likeness (QED) is 0.520. The Labute approximate surface area is 200 Å². The van der Waals surface area contributed by atoms with Gasteiger partial charge in [-0.2, -0.15) is 0 Å². The summed E-state index contributed by atoms with van der Waals surface area (Å²) in [5.74, 6) is -0.236. The Hall–Kier alpha value is -3.32. The average Bonchev–Trinajstić information content (AvgIpc) is 3.47. The van der Waals surface area contributed by atoms with Gasteiger partial charge in [0.1, 0.15) is 11.5 Å². The van der Waals surface area contributed by atoms with E-state index in [0.717, 1.165) is 37.9 Å². The van der Waals surface area contributed by atoms with Crippen LogP contribution in [0.5, 0.6) is 5.75 Å². The van der Waals surface area contributed by atoms with Gasteiger partial charge in [0, 0.05) is 13.1 Å². The predicted molar refractivity (Wildman–Crippen MR) is 129 cm³/mol. The fourth-order valence-electron chi connectivity index (χ4n) is 4.54. The van der Waals surface area contributed by atoms with Gasteiger partial charge in [0.25, 0.3) is 5.91 Å². The summed E-state index contributed by atoms with van der Waals surface area (Å²) in [5, 5.41) is 10.8. The van der Waals surface area contributed by atoms with Crippen molar-refractivity contribution < 1.29 is 23.8 Å². The van der Waals surface area contributed by atoms with Crippen LogP contribution in [0.2, 0.25) is 0 Å². The van der Waals surface area contributed by atoms with Gasteiger partial charge in [0.05, 0.1) is 24.5 Å². The molecule has 2 aliphatic heterocycles. The standard InChI is InChI=1S/C27H32N2O5/c1-2-17-33-22-9-6-8-20(19-22)25-24(23(30)12-11-21-10-7-18-34-21)26(31)27(32)29(25)16-15-28-13-4-3-5-14-28/h6-12,18-19,25,31H,2-5,13-17H2,1H3/b12-11+. The van der Waals surface area contributed by atoms with Crippen LogP contribution in [0.1, 0.15) is 50.0 Å². The van der Waals surface area contributed by atoms with Crippen molar-refractivity contribution in [1.29, 1.82) is 0 Å². The molecule has 1 fully saturated rings. The lowest BCUT2D eigenvalue weighted by Crippen LogP contribution is -2.40. The van der Waals surface area contributed by atoms with Crippen molar-refractivity contribution in [2.45, 2.75) is 38.6 Å². The van der Waals surface area contributed by atoms with Crippen LogP contribution in [-0.4, -0.2) is 59.4 Å². The third kappa shape index (κ3) is 5.42. The fraction of sp³-hybridized carbons (Fsp3) is 0.407. The number of benzene rings is 1. The van der Waals surface area contributed by atoms with Crippen LogP contribution in [0, 0.1) is 0 Å². The van der Waals surface area contributed by atoms with Gasteiger partial charge in [-0.3, -0.25) is 9.59 Å². The second-order valence-corrected chi connectivity index (χ2v) is 8.70. The van der Waals surface area contributed by atoms with Crippen molar-refractivity contribution in [2.75, 3.05) is 32.8 Å². The summed E-state index contributed by atoms with van der Waals surface area (Å²) in [5.41, 5.74) is 0.818. The second-order valence-electron chi connectivity index (χ2n) is 8.70. The largest absolute Gasteiger partial charge is 0.503 e. The van der Waals surface area contributed by atoms with E-state index >= 15 is 0 Å². The Morgan fingerprint density at radius 2 is 2.00 bits per heavy atom. The van der Waals surface area contributed by atoms with Gasteiger partial charge < -0.3 is 24.1 Å². The zero-order valence-corrected chi connectivity index (χ0v) is 19.6. The molecule has 34 heavy (non-hydrogen) atoms. The van der Waals surface area contributed by atoms with E-state index in [4.69, 9.17) is 9.15 Å². The molecule has 180 valence electrons. The predicted octanol–water partition coefficient (Wildman–Crippen LogP) is 4.53. The number of ether oxygens (including phenoxy) is 1. The molecule has 7 nitrogen and oxygen atoms in total. The first-order valence-corrected chi connectivity index (χ1v) is 12.0. The van der Waals surface area contributed by atoms with Gasteiger partial charge >= 0.3 is 0 Å². The molecule has 0 aliphatic carbocycles. The first-order chi connectivity index (χ1) is 16.6. The zero-order chi connectivity index (χ0) is 23.9. The van der Waals surface area contributed by atoms with Crippen LogP contribution in [0.3, 0.4) is 0 Å². The molecular weight excluding hydrogens is 432 g/mol. The number of carbonyl (C=O) groups excluding carboxylic acids is 2. The number of rotatable bonds is 10. The molecule has 1 saturated heterocycles. The summed E-state index contributed by atoms with van der Waals surface area (Å²) in [6.07, 6.45) is 8.81. The van der Waals surface area contributed by atoms with Gasteiger partial charge in [-0.1, -0.05) is 25.5 Å². The Morgan fingerprint density at radius 1 is 1.18 bits per heavy atom. The first kappa shape index (κ1) is 23.8. The van der Waals surface area contributed by atoms with E-state index in [2.05, 4.69) is 4.90 Å². The van der Waals surface area contributed by atoms with Gasteiger partial charge in [0.2, 0.25) is 0 Å². The first-order valence-electron chi connectivity index (χ1n) is 12.0.